The maximum atomic E-state index is 11.7. The monoisotopic (exact) mass is 292 g/mol. The molecule has 0 aliphatic heterocycles. The van der Waals surface area contributed by atoms with Crippen molar-refractivity contribution < 1.29 is 9.53 Å². The average Bonchev–Trinajstić information content (AvgIpc) is 2.51. The van der Waals surface area contributed by atoms with Crippen molar-refractivity contribution in [2.45, 2.75) is 20.8 Å². The lowest BCUT2D eigenvalue weighted by atomic mass is 10.0. The zero-order valence-electron chi connectivity index (χ0n) is 12.8. The topological polar surface area (TPSA) is 52.1 Å². The van der Waals surface area contributed by atoms with E-state index in [2.05, 4.69) is 29.0 Å². The van der Waals surface area contributed by atoms with Gasteiger partial charge in [0, 0.05) is 24.7 Å². The summed E-state index contributed by atoms with van der Waals surface area (Å²) < 4.78 is 5.98. The zero-order chi connectivity index (χ0) is 15.7. The smallest absolute Gasteiger partial charge is 0.249 e. The summed E-state index contributed by atoms with van der Waals surface area (Å²) in [6.07, 6.45) is 3.01. The number of aromatic nitrogens is 2. The van der Waals surface area contributed by atoms with Gasteiger partial charge in [0.25, 0.3) is 0 Å². The summed E-state index contributed by atoms with van der Waals surface area (Å²) in [5.74, 6) is 0.786. The highest BCUT2D eigenvalue weighted by Crippen LogP contribution is 2.35. The molecule has 0 amide bonds. The highest BCUT2D eigenvalue weighted by atomic mass is 16.5. The van der Waals surface area contributed by atoms with Gasteiger partial charge >= 0.3 is 0 Å². The second kappa shape index (κ2) is 5.56. The van der Waals surface area contributed by atoms with Crippen LogP contribution in [0.25, 0.3) is 10.8 Å². The minimum atomic E-state index is -0.169. The second-order valence-electron chi connectivity index (χ2n) is 5.25. The van der Waals surface area contributed by atoms with Crippen molar-refractivity contribution in [2.24, 2.45) is 0 Å². The molecule has 1 aromatic heterocycles. The SMILES string of the molecule is CC(=O)c1nccnc1Oc1c(C)cc(C)c2ccccc12. The fourth-order valence-corrected chi connectivity index (χ4v) is 2.58. The number of Topliss-reactive ketones (excluding diaryl/α,β-unsaturated/α-hetero) is 1. The van der Waals surface area contributed by atoms with Gasteiger partial charge in [-0.3, -0.25) is 4.79 Å². The summed E-state index contributed by atoms with van der Waals surface area (Å²) in [5.41, 5.74) is 2.43. The number of hydrogen-bond acceptors (Lipinski definition) is 4. The molecule has 0 spiro atoms. The number of carbonyl (C=O) groups is 1. The number of rotatable bonds is 3. The molecule has 0 saturated heterocycles. The third kappa shape index (κ3) is 2.44. The van der Waals surface area contributed by atoms with Crippen LogP contribution in [0.15, 0.2) is 42.7 Å². The van der Waals surface area contributed by atoms with Crippen LogP contribution in [-0.2, 0) is 0 Å². The van der Waals surface area contributed by atoms with Crippen LogP contribution in [0.2, 0.25) is 0 Å². The van der Waals surface area contributed by atoms with Crippen LogP contribution in [0, 0.1) is 13.8 Å². The molecular weight excluding hydrogens is 276 g/mol. The molecule has 0 N–H and O–H groups in total. The van der Waals surface area contributed by atoms with Gasteiger partial charge in [-0.05, 0) is 30.4 Å². The Morgan fingerprint density at radius 1 is 1.00 bits per heavy atom. The van der Waals surface area contributed by atoms with Gasteiger partial charge < -0.3 is 4.74 Å². The minimum absolute atomic E-state index is 0.169. The van der Waals surface area contributed by atoms with Gasteiger partial charge in [0.1, 0.15) is 5.75 Å². The van der Waals surface area contributed by atoms with Crippen LogP contribution in [0.3, 0.4) is 0 Å². The van der Waals surface area contributed by atoms with Gasteiger partial charge in [0.2, 0.25) is 5.88 Å². The van der Waals surface area contributed by atoms with Crippen molar-refractivity contribution in [1.82, 2.24) is 9.97 Å². The van der Waals surface area contributed by atoms with Crippen molar-refractivity contribution >= 4 is 16.6 Å². The van der Waals surface area contributed by atoms with Crippen molar-refractivity contribution in [3.05, 3.63) is 59.5 Å². The molecule has 0 aliphatic carbocycles. The Morgan fingerprint density at radius 3 is 2.41 bits per heavy atom. The van der Waals surface area contributed by atoms with Gasteiger partial charge in [-0.25, -0.2) is 9.97 Å². The van der Waals surface area contributed by atoms with Gasteiger partial charge in [-0.15, -0.1) is 0 Å². The van der Waals surface area contributed by atoms with E-state index in [9.17, 15) is 4.79 Å². The molecule has 0 atom stereocenters. The van der Waals surface area contributed by atoms with E-state index in [1.165, 1.54) is 24.9 Å². The predicted octanol–water partition coefficient (Wildman–Crippen LogP) is 4.24. The van der Waals surface area contributed by atoms with Crippen molar-refractivity contribution in [3.63, 3.8) is 0 Å². The number of nitrogens with zero attached hydrogens (tertiary/aromatic N) is 2. The quantitative estimate of drug-likeness (QED) is 0.677. The van der Waals surface area contributed by atoms with Crippen LogP contribution in [0.4, 0.5) is 0 Å². The molecule has 2 aromatic carbocycles. The molecule has 0 bridgehead atoms. The van der Waals surface area contributed by atoms with E-state index >= 15 is 0 Å². The Labute approximate surface area is 128 Å². The van der Waals surface area contributed by atoms with E-state index in [-0.39, 0.29) is 17.4 Å². The molecule has 0 fully saturated rings. The number of aryl methyl sites for hydroxylation is 2. The fourth-order valence-electron chi connectivity index (χ4n) is 2.58. The lowest BCUT2D eigenvalue weighted by Gasteiger charge is -2.14. The maximum absolute atomic E-state index is 11.7. The third-order valence-corrected chi connectivity index (χ3v) is 3.58. The van der Waals surface area contributed by atoms with Crippen molar-refractivity contribution in [2.75, 3.05) is 0 Å². The number of benzene rings is 2. The van der Waals surface area contributed by atoms with Crippen LogP contribution >= 0.6 is 0 Å². The van der Waals surface area contributed by atoms with E-state index < -0.39 is 0 Å². The number of ketones is 1. The molecule has 4 nitrogen and oxygen atoms in total. The predicted molar refractivity (Wildman–Crippen MR) is 85.5 cm³/mol. The largest absolute Gasteiger partial charge is 0.436 e. The first-order chi connectivity index (χ1) is 10.6. The minimum Gasteiger partial charge on any atom is -0.436 e. The molecule has 0 saturated carbocycles. The summed E-state index contributed by atoms with van der Waals surface area (Å²) in [6, 6.07) is 10.1. The summed E-state index contributed by atoms with van der Waals surface area (Å²) in [7, 11) is 0. The van der Waals surface area contributed by atoms with Crippen molar-refractivity contribution in [3.8, 4) is 11.6 Å². The maximum Gasteiger partial charge on any atom is 0.249 e. The highest BCUT2D eigenvalue weighted by Gasteiger charge is 2.15. The second-order valence-corrected chi connectivity index (χ2v) is 5.25. The van der Waals surface area contributed by atoms with Gasteiger partial charge in [0.05, 0.1) is 0 Å². The summed E-state index contributed by atoms with van der Waals surface area (Å²) in [4.78, 5) is 19.9. The number of ether oxygens (including phenoxy) is 1. The normalized spacial score (nSPS) is 10.7. The Bertz CT molecular complexity index is 872. The number of hydrogen-bond donors (Lipinski definition) is 0. The zero-order valence-corrected chi connectivity index (χ0v) is 12.8. The number of fused-ring (bicyclic) bond motifs is 1. The van der Waals surface area contributed by atoms with E-state index in [1.54, 1.807) is 0 Å². The Morgan fingerprint density at radius 2 is 1.68 bits per heavy atom. The van der Waals surface area contributed by atoms with E-state index in [0.717, 1.165) is 16.3 Å². The van der Waals surface area contributed by atoms with Crippen LogP contribution < -0.4 is 4.74 Å². The van der Waals surface area contributed by atoms with Crippen LogP contribution in [0.1, 0.15) is 28.5 Å². The van der Waals surface area contributed by atoms with E-state index in [4.69, 9.17) is 4.74 Å². The molecule has 0 radical (unpaired) electrons. The van der Waals surface area contributed by atoms with Gasteiger partial charge in [-0.1, -0.05) is 30.3 Å². The Kier molecular flexibility index (Phi) is 3.59. The summed E-state index contributed by atoms with van der Waals surface area (Å²) in [5, 5.41) is 2.12. The first-order valence-corrected chi connectivity index (χ1v) is 7.06. The molecule has 1 heterocycles. The Hall–Kier alpha value is -2.75. The molecule has 3 rings (SSSR count). The first-order valence-electron chi connectivity index (χ1n) is 7.06. The Balaban J connectivity index is 2.18. The summed E-state index contributed by atoms with van der Waals surface area (Å²) in [6.45, 7) is 5.51. The van der Waals surface area contributed by atoms with E-state index in [1.807, 2.05) is 25.1 Å². The number of carbonyl (C=O) groups excluding carboxylic acids is 1. The van der Waals surface area contributed by atoms with Crippen LogP contribution in [0.5, 0.6) is 11.6 Å². The molecule has 0 unspecified atom stereocenters. The fraction of sp³-hybridized carbons (Fsp3) is 0.167. The standard InChI is InChI=1S/C18H16N2O2/c1-11-10-12(2)17(15-7-5-4-6-14(11)15)22-18-16(13(3)21)19-8-9-20-18/h4-10H,1-3H3. The van der Waals surface area contributed by atoms with Crippen LogP contribution in [-0.4, -0.2) is 15.8 Å². The van der Waals surface area contributed by atoms with Crippen molar-refractivity contribution in [1.29, 1.82) is 0 Å². The lowest BCUT2D eigenvalue weighted by molar-refractivity contribution is 0.101. The average molecular weight is 292 g/mol. The van der Waals surface area contributed by atoms with Gasteiger partial charge in [-0.2, -0.15) is 0 Å². The molecular formula is C18H16N2O2. The molecule has 22 heavy (non-hydrogen) atoms. The first kappa shape index (κ1) is 14.2. The lowest BCUT2D eigenvalue weighted by Crippen LogP contribution is -2.03. The van der Waals surface area contributed by atoms with E-state index in [0.29, 0.717) is 5.75 Å². The third-order valence-electron chi connectivity index (χ3n) is 3.58. The molecule has 3 aromatic rings. The highest BCUT2D eigenvalue weighted by molar-refractivity contribution is 5.95. The summed E-state index contributed by atoms with van der Waals surface area (Å²) >= 11 is 0. The molecule has 0 aliphatic rings. The molecule has 110 valence electrons. The molecule has 4 heteroatoms. The van der Waals surface area contributed by atoms with Gasteiger partial charge in [0.15, 0.2) is 11.5 Å².